The maximum Gasteiger partial charge on any atom is 0.273 e. The SMILES string of the molecule is NC(=O)C1CCN(C(=O)c2csc(Cc3ccccc3)n2)C1. The Morgan fingerprint density at radius 3 is 2.77 bits per heavy atom. The molecule has 0 radical (unpaired) electrons. The first-order valence-corrected chi connectivity index (χ1v) is 8.08. The Balaban J connectivity index is 1.66. The van der Waals surface area contributed by atoms with E-state index >= 15 is 0 Å². The van der Waals surface area contributed by atoms with E-state index in [1.54, 1.807) is 10.3 Å². The van der Waals surface area contributed by atoms with Crippen molar-refractivity contribution >= 4 is 23.2 Å². The van der Waals surface area contributed by atoms with E-state index in [2.05, 4.69) is 4.98 Å². The van der Waals surface area contributed by atoms with E-state index in [0.717, 1.165) is 11.4 Å². The monoisotopic (exact) mass is 315 g/mol. The average Bonchev–Trinajstić information content (AvgIpc) is 3.17. The standard InChI is InChI=1S/C16H17N3O2S/c17-15(20)12-6-7-19(9-12)16(21)13-10-22-14(18-13)8-11-4-2-1-3-5-11/h1-5,10,12H,6-9H2,(H2,17,20). The van der Waals surface area contributed by atoms with Crippen molar-refractivity contribution in [2.75, 3.05) is 13.1 Å². The van der Waals surface area contributed by atoms with Gasteiger partial charge in [-0.1, -0.05) is 30.3 Å². The van der Waals surface area contributed by atoms with Crippen LogP contribution in [0.1, 0.15) is 27.5 Å². The summed E-state index contributed by atoms with van der Waals surface area (Å²) in [4.78, 5) is 29.7. The fourth-order valence-corrected chi connectivity index (χ4v) is 3.40. The van der Waals surface area contributed by atoms with Crippen LogP contribution in [0.2, 0.25) is 0 Å². The fraction of sp³-hybridized carbons (Fsp3) is 0.312. The zero-order valence-electron chi connectivity index (χ0n) is 12.1. The van der Waals surface area contributed by atoms with Crippen molar-refractivity contribution in [3.8, 4) is 0 Å². The van der Waals surface area contributed by atoms with Crippen molar-refractivity contribution < 1.29 is 9.59 Å². The van der Waals surface area contributed by atoms with Crippen LogP contribution in [0.3, 0.4) is 0 Å². The summed E-state index contributed by atoms with van der Waals surface area (Å²) in [7, 11) is 0. The second-order valence-corrected chi connectivity index (χ2v) is 6.37. The zero-order valence-corrected chi connectivity index (χ0v) is 12.9. The van der Waals surface area contributed by atoms with E-state index in [9.17, 15) is 9.59 Å². The molecule has 1 atom stereocenters. The van der Waals surface area contributed by atoms with Crippen LogP contribution in [0.5, 0.6) is 0 Å². The Bertz CT molecular complexity index is 684. The minimum Gasteiger partial charge on any atom is -0.369 e. The van der Waals surface area contributed by atoms with Gasteiger partial charge in [-0.3, -0.25) is 9.59 Å². The van der Waals surface area contributed by atoms with Crippen molar-refractivity contribution in [1.82, 2.24) is 9.88 Å². The van der Waals surface area contributed by atoms with Crippen molar-refractivity contribution in [3.05, 3.63) is 52.0 Å². The molecule has 0 aliphatic carbocycles. The van der Waals surface area contributed by atoms with E-state index < -0.39 is 0 Å². The molecular weight excluding hydrogens is 298 g/mol. The summed E-state index contributed by atoms with van der Waals surface area (Å²) in [5.74, 6) is -0.677. The number of amides is 2. The molecule has 3 rings (SSSR count). The lowest BCUT2D eigenvalue weighted by atomic mass is 10.1. The third-order valence-electron chi connectivity index (χ3n) is 3.85. The zero-order chi connectivity index (χ0) is 15.5. The highest BCUT2D eigenvalue weighted by Crippen LogP contribution is 2.20. The summed E-state index contributed by atoms with van der Waals surface area (Å²) in [6, 6.07) is 10.0. The van der Waals surface area contributed by atoms with Crippen LogP contribution in [-0.2, 0) is 11.2 Å². The van der Waals surface area contributed by atoms with Crippen molar-refractivity contribution in [2.24, 2.45) is 11.7 Å². The Kier molecular flexibility index (Phi) is 4.20. The van der Waals surface area contributed by atoms with Gasteiger partial charge >= 0.3 is 0 Å². The maximum absolute atomic E-state index is 12.4. The molecule has 2 aromatic rings. The van der Waals surface area contributed by atoms with Crippen molar-refractivity contribution in [3.63, 3.8) is 0 Å². The number of carbonyl (C=O) groups excluding carboxylic acids is 2. The van der Waals surface area contributed by atoms with Gasteiger partial charge in [0.1, 0.15) is 5.69 Å². The van der Waals surface area contributed by atoms with Crippen molar-refractivity contribution in [1.29, 1.82) is 0 Å². The molecule has 1 saturated heterocycles. The molecule has 1 aliphatic rings. The smallest absolute Gasteiger partial charge is 0.273 e. The van der Waals surface area contributed by atoms with Gasteiger partial charge in [0.15, 0.2) is 0 Å². The highest BCUT2D eigenvalue weighted by molar-refractivity contribution is 7.09. The van der Waals surface area contributed by atoms with Gasteiger partial charge in [-0.2, -0.15) is 0 Å². The summed E-state index contributed by atoms with van der Waals surface area (Å²) in [6.45, 7) is 0.970. The number of benzene rings is 1. The van der Waals surface area contributed by atoms with Gasteiger partial charge in [0.25, 0.3) is 5.91 Å². The number of rotatable bonds is 4. The number of likely N-dealkylation sites (tertiary alicyclic amines) is 1. The van der Waals surface area contributed by atoms with Crippen LogP contribution < -0.4 is 5.73 Å². The van der Waals surface area contributed by atoms with Gasteiger partial charge in [0, 0.05) is 24.9 Å². The molecule has 6 heteroatoms. The fourth-order valence-electron chi connectivity index (χ4n) is 2.60. The molecule has 114 valence electrons. The lowest BCUT2D eigenvalue weighted by Crippen LogP contribution is -2.31. The van der Waals surface area contributed by atoms with Crippen LogP contribution in [0, 0.1) is 5.92 Å². The summed E-state index contributed by atoms with van der Waals surface area (Å²) < 4.78 is 0. The molecule has 0 bridgehead atoms. The number of hydrogen-bond donors (Lipinski definition) is 1. The normalized spacial score (nSPS) is 17.6. The molecule has 1 aromatic carbocycles. The van der Waals surface area contributed by atoms with Gasteiger partial charge in [-0.15, -0.1) is 11.3 Å². The van der Waals surface area contributed by atoms with E-state index in [0.29, 0.717) is 25.2 Å². The summed E-state index contributed by atoms with van der Waals surface area (Å²) in [5.41, 5.74) is 6.93. The van der Waals surface area contributed by atoms with Gasteiger partial charge in [0.05, 0.1) is 10.9 Å². The Morgan fingerprint density at radius 1 is 1.32 bits per heavy atom. The first-order valence-electron chi connectivity index (χ1n) is 7.20. The van der Waals surface area contributed by atoms with Crippen LogP contribution >= 0.6 is 11.3 Å². The van der Waals surface area contributed by atoms with E-state index in [4.69, 9.17) is 5.73 Å². The molecule has 2 heterocycles. The number of hydrogen-bond acceptors (Lipinski definition) is 4. The molecule has 1 aliphatic heterocycles. The predicted octanol–water partition coefficient (Wildman–Crippen LogP) is 1.68. The Hall–Kier alpha value is -2.21. The van der Waals surface area contributed by atoms with Crippen LogP contribution in [0.15, 0.2) is 35.7 Å². The third kappa shape index (κ3) is 3.17. The van der Waals surface area contributed by atoms with Crippen LogP contribution in [0.25, 0.3) is 0 Å². The molecule has 1 fully saturated rings. The molecule has 2 amide bonds. The minimum atomic E-state index is -0.335. The van der Waals surface area contributed by atoms with E-state index in [1.165, 1.54) is 16.9 Å². The molecule has 2 N–H and O–H groups in total. The topological polar surface area (TPSA) is 76.3 Å². The lowest BCUT2D eigenvalue weighted by Gasteiger charge is -2.14. The van der Waals surface area contributed by atoms with Gasteiger partial charge in [-0.25, -0.2) is 4.98 Å². The lowest BCUT2D eigenvalue weighted by molar-refractivity contribution is -0.121. The largest absolute Gasteiger partial charge is 0.369 e. The Morgan fingerprint density at radius 2 is 2.09 bits per heavy atom. The van der Waals surface area contributed by atoms with Crippen molar-refractivity contribution in [2.45, 2.75) is 12.8 Å². The number of primary amides is 1. The summed E-state index contributed by atoms with van der Waals surface area (Å²) >= 11 is 1.49. The number of nitrogens with zero attached hydrogens (tertiary/aromatic N) is 2. The third-order valence-corrected chi connectivity index (χ3v) is 4.70. The molecule has 0 saturated carbocycles. The minimum absolute atomic E-state index is 0.112. The van der Waals surface area contributed by atoms with E-state index in [1.807, 2.05) is 30.3 Å². The predicted molar refractivity (Wildman–Crippen MR) is 84.6 cm³/mol. The van der Waals surface area contributed by atoms with Gasteiger partial charge in [0.2, 0.25) is 5.91 Å². The van der Waals surface area contributed by atoms with E-state index in [-0.39, 0.29) is 17.7 Å². The van der Waals surface area contributed by atoms with Crippen LogP contribution in [-0.4, -0.2) is 34.8 Å². The highest BCUT2D eigenvalue weighted by atomic mass is 32.1. The number of aromatic nitrogens is 1. The number of thiazole rings is 1. The molecule has 1 aromatic heterocycles. The van der Waals surface area contributed by atoms with Gasteiger partial charge < -0.3 is 10.6 Å². The average molecular weight is 315 g/mol. The number of carbonyl (C=O) groups is 2. The first-order chi connectivity index (χ1) is 10.6. The molecule has 5 nitrogen and oxygen atoms in total. The second-order valence-electron chi connectivity index (χ2n) is 5.43. The first kappa shape index (κ1) is 14.7. The van der Waals surface area contributed by atoms with Gasteiger partial charge in [-0.05, 0) is 12.0 Å². The summed E-state index contributed by atoms with van der Waals surface area (Å²) in [5, 5.41) is 2.71. The quantitative estimate of drug-likeness (QED) is 0.932. The highest BCUT2D eigenvalue weighted by Gasteiger charge is 2.31. The molecule has 0 spiro atoms. The molecular formula is C16H17N3O2S. The molecule has 1 unspecified atom stereocenters. The number of nitrogens with two attached hydrogens (primary N) is 1. The molecule has 22 heavy (non-hydrogen) atoms. The Labute approximate surface area is 132 Å². The van der Waals surface area contributed by atoms with Crippen LogP contribution in [0.4, 0.5) is 0 Å². The maximum atomic E-state index is 12.4. The second kappa shape index (κ2) is 6.27. The summed E-state index contributed by atoms with van der Waals surface area (Å²) in [6.07, 6.45) is 1.37.